The fourth-order valence-electron chi connectivity index (χ4n) is 4.67. The molecule has 0 radical (unpaired) electrons. The van der Waals surface area contributed by atoms with E-state index in [-0.39, 0.29) is 0 Å². The molecule has 0 aliphatic heterocycles. The molecule has 3 N–H and O–H groups in total. The van der Waals surface area contributed by atoms with E-state index in [0.29, 0.717) is 11.5 Å². The molecule has 9 heteroatoms. The fourth-order valence-corrected chi connectivity index (χ4v) is 4.67. The maximum atomic E-state index is 4.96. The van der Waals surface area contributed by atoms with Gasteiger partial charge < -0.3 is 10.3 Å². The highest BCUT2D eigenvalue weighted by molar-refractivity contribution is 5.95. The van der Waals surface area contributed by atoms with E-state index in [1.807, 2.05) is 48.8 Å². The number of nitrogens with zero attached hydrogens (tertiary/aromatic N) is 6. The molecule has 0 bridgehead atoms. The van der Waals surface area contributed by atoms with Crippen LogP contribution in [0.1, 0.15) is 5.56 Å². The first-order valence-electron chi connectivity index (χ1n) is 12.7. The number of fused-ring (bicyclic) bond motifs is 2. The molecular formula is C30H23N9. The number of hydrogen-bond acceptors (Lipinski definition) is 7. The molecule has 0 amide bonds. The third kappa shape index (κ3) is 4.46. The smallest absolute Gasteiger partial charge is 0.161 e. The van der Waals surface area contributed by atoms with Crippen molar-refractivity contribution >= 4 is 27.8 Å². The number of pyridine rings is 4. The first-order valence-corrected chi connectivity index (χ1v) is 12.7. The minimum atomic E-state index is 0.624. The van der Waals surface area contributed by atoms with Crippen molar-refractivity contribution in [3.8, 4) is 34.0 Å². The molecule has 0 saturated carbocycles. The van der Waals surface area contributed by atoms with Gasteiger partial charge in [-0.2, -0.15) is 5.10 Å². The zero-order valence-corrected chi connectivity index (χ0v) is 20.8. The monoisotopic (exact) mass is 509 g/mol. The molecule has 0 saturated heterocycles. The number of benzene rings is 1. The van der Waals surface area contributed by atoms with Crippen LogP contribution in [0.15, 0.2) is 97.7 Å². The molecule has 188 valence electrons. The second-order valence-electron chi connectivity index (χ2n) is 9.17. The first-order chi connectivity index (χ1) is 19.3. The van der Waals surface area contributed by atoms with E-state index in [4.69, 9.17) is 9.97 Å². The molecular weight excluding hydrogens is 486 g/mol. The van der Waals surface area contributed by atoms with Crippen LogP contribution in [0.5, 0.6) is 0 Å². The Morgan fingerprint density at radius 2 is 1.59 bits per heavy atom. The third-order valence-electron chi connectivity index (χ3n) is 6.61. The summed E-state index contributed by atoms with van der Waals surface area (Å²) in [6.45, 7) is 0.815. The largest absolute Gasteiger partial charge is 0.383 e. The van der Waals surface area contributed by atoms with Crippen molar-refractivity contribution in [1.82, 2.24) is 40.1 Å². The Bertz CT molecular complexity index is 1890. The summed E-state index contributed by atoms with van der Waals surface area (Å²) < 4.78 is 0. The molecule has 0 aliphatic rings. The highest BCUT2D eigenvalue weighted by atomic mass is 15.2. The summed E-state index contributed by atoms with van der Waals surface area (Å²) in [7, 11) is 0. The molecule has 0 unspecified atom stereocenters. The summed E-state index contributed by atoms with van der Waals surface area (Å²) >= 11 is 0. The summed E-state index contributed by atoms with van der Waals surface area (Å²) in [5, 5.41) is 11.1. The Hall–Kier alpha value is -5.44. The van der Waals surface area contributed by atoms with Gasteiger partial charge in [0, 0.05) is 48.7 Å². The summed E-state index contributed by atoms with van der Waals surface area (Å²) in [5.74, 6) is 0.624. The molecule has 9 nitrogen and oxygen atoms in total. The lowest BCUT2D eigenvalue weighted by atomic mass is 10.1. The predicted octanol–water partition coefficient (Wildman–Crippen LogP) is 5.67. The minimum absolute atomic E-state index is 0.624. The van der Waals surface area contributed by atoms with Crippen LogP contribution >= 0.6 is 0 Å². The van der Waals surface area contributed by atoms with Crippen molar-refractivity contribution in [3.63, 3.8) is 0 Å². The maximum absolute atomic E-state index is 4.96. The van der Waals surface area contributed by atoms with Crippen LogP contribution < -0.4 is 5.32 Å². The van der Waals surface area contributed by atoms with Gasteiger partial charge in [0.05, 0.1) is 28.1 Å². The Balaban J connectivity index is 1.20. The summed E-state index contributed by atoms with van der Waals surface area (Å²) in [6.07, 6.45) is 9.86. The number of aromatic amines is 2. The van der Waals surface area contributed by atoms with Crippen molar-refractivity contribution in [2.75, 3.05) is 11.9 Å². The molecule has 7 aromatic rings. The Morgan fingerprint density at radius 3 is 2.49 bits per heavy atom. The lowest BCUT2D eigenvalue weighted by Crippen LogP contribution is -2.05. The molecule has 6 aromatic heterocycles. The fraction of sp³-hybridized carbons (Fsp3) is 0.0667. The summed E-state index contributed by atoms with van der Waals surface area (Å²) in [6, 6.07) is 22.2. The summed E-state index contributed by atoms with van der Waals surface area (Å²) in [4.78, 5) is 26.3. The number of anilines is 1. The molecule has 1 aromatic carbocycles. The molecule has 6 heterocycles. The lowest BCUT2D eigenvalue weighted by Gasteiger charge is -2.08. The van der Waals surface area contributed by atoms with Crippen molar-refractivity contribution in [2.45, 2.75) is 6.42 Å². The van der Waals surface area contributed by atoms with Gasteiger partial charge in [-0.1, -0.05) is 30.3 Å². The number of rotatable bonds is 7. The van der Waals surface area contributed by atoms with E-state index in [2.05, 4.69) is 65.8 Å². The third-order valence-corrected chi connectivity index (χ3v) is 6.61. The van der Waals surface area contributed by atoms with Gasteiger partial charge in [-0.25, -0.2) is 9.97 Å². The van der Waals surface area contributed by atoms with Crippen molar-refractivity contribution in [1.29, 1.82) is 0 Å². The maximum Gasteiger partial charge on any atom is 0.161 e. The van der Waals surface area contributed by atoms with Crippen molar-refractivity contribution < 1.29 is 0 Å². The average molecular weight is 510 g/mol. The quantitative estimate of drug-likeness (QED) is 0.253. The first kappa shape index (κ1) is 22.7. The van der Waals surface area contributed by atoms with Crippen LogP contribution in [0.3, 0.4) is 0 Å². The number of imidazole rings is 1. The molecule has 7 rings (SSSR count). The Kier molecular flexibility index (Phi) is 5.71. The van der Waals surface area contributed by atoms with E-state index < -0.39 is 0 Å². The number of H-pyrrole nitrogens is 2. The highest BCUT2D eigenvalue weighted by Crippen LogP contribution is 2.30. The Labute approximate surface area is 223 Å². The standard InChI is InChI=1S/C30H23N9/c1-2-4-19(5-3-1)8-14-33-22-16-21(17-32-18-22)23-6-7-25-28(35-23)29(39-38-25)30-36-24-11-15-34-26(27(24)37-30)20-9-12-31-13-10-20/h1-7,9-13,15-18,33H,8,14H2,(H,36,37)(H,38,39). The highest BCUT2D eigenvalue weighted by Gasteiger charge is 2.17. The number of hydrogen-bond donors (Lipinski definition) is 3. The van der Waals surface area contributed by atoms with Crippen LogP contribution in [0.2, 0.25) is 0 Å². The zero-order chi connectivity index (χ0) is 26.0. The van der Waals surface area contributed by atoms with E-state index >= 15 is 0 Å². The zero-order valence-electron chi connectivity index (χ0n) is 20.8. The Morgan fingerprint density at radius 1 is 0.718 bits per heavy atom. The van der Waals surface area contributed by atoms with Gasteiger partial charge in [-0.15, -0.1) is 0 Å². The molecule has 0 atom stereocenters. The van der Waals surface area contributed by atoms with Gasteiger partial charge in [0.2, 0.25) is 0 Å². The van der Waals surface area contributed by atoms with E-state index in [9.17, 15) is 0 Å². The van der Waals surface area contributed by atoms with Crippen LogP contribution in [-0.4, -0.2) is 46.6 Å². The van der Waals surface area contributed by atoms with E-state index in [1.165, 1.54) is 5.56 Å². The SMILES string of the molecule is c1ccc(CCNc2cncc(-c3ccc4[nH]nc(-c5nc6c(-c7ccncc7)nccc6[nH]5)c4n3)c2)cc1. The van der Waals surface area contributed by atoms with Gasteiger partial charge in [0.15, 0.2) is 11.5 Å². The van der Waals surface area contributed by atoms with Crippen LogP contribution in [0, 0.1) is 0 Å². The topological polar surface area (TPSA) is 121 Å². The van der Waals surface area contributed by atoms with Gasteiger partial charge in [-0.05, 0) is 48.4 Å². The molecule has 0 spiro atoms. The molecule has 39 heavy (non-hydrogen) atoms. The predicted molar refractivity (Wildman–Crippen MR) is 152 cm³/mol. The number of nitrogens with one attached hydrogen (secondary N) is 3. The van der Waals surface area contributed by atoms with Gasteiger partial charge in [0.25, 0.3) is 0 Å². The van der Waals surface area contributed by atoms with Crippen molar-refractivity contribution in [2.24, 2.45) is 0 Å². The average Bonchev–Trinajstić information content (AvgIpc) is 3.62. The molecule has 0 fully saturated rings. The van der Waals surface area contributed by atoms with Gasteiger partial charge in [0.1, 0.15) is 11.0 Å². The lowest BCUT2D eigenvalue weighted by molar-refractivity contribution is 1.02. The second kappa shape index (κ2) is 9.79. The van der Waals surface area contributed by atoms with Gasteiger partial charge in [-0.3, -0.25) is 20.1 Å². The van der Waals surface area contributed by atoms with E-state index in [1.54, 1.807) is 18.6 Å². The normalized spacial score (nSPS) is 11.3. The second-order valence-corrected chi connectivity index (χ2v) is 9.17. The summed E-state index contributed by atoms with van der Waals surface area (Å²) in [5.41, 5.74) is 9.55. The van der Waals surface area contributed by atoms with Gasteiger partial charge >= 0.3 is 0 Å². The molecule has 0 aliphatic carbocycles. The minimum Gasteiger partial charge on any atom is -0.383 e. The van der Waals surface area contributed by atoms with Crippen LogP contribution in [0.25, 0.3) is 56.1 Å². The number of aromatic nitrogens is 8. The van der Waals surface area contributed by atoms with E-state index in [0.717, 1.165) is 63.2 Å². The van der Waals surface area contributed by atoms with Crippen LogP contribution in [0.4, 0.5) is 5.69 Å². The van der Waals surface area contributed by atoms with Crippen molar-refractivity contribution in [3.05, 3.63) is 103 Å². The van der Waals surface area contributed by atoms with Crippen LogP contribution in [-0.2, 0) is 6.42 Å².